The number of anilines is 2. The number of para-hydroxylation sites is 2. The molecule has 6 nitrogen and oxygen atoms in total. The fourth-order valence-electron chi connectivity index (χ4n) is 2.33. The number of furan rings is 1. The van der Waals surface area contributed by atoms with E-state index in [4.69, 9.17) is 4.42 Å². The maximum Gasteiger partial charge on any atom is 0.291 e. The van der Waals surface area contributed by atoms with Crippen molar-refractivity contribution < 1.29 is 22.0 Å². The summed E-state index contributed by atoms with van der Waals surface area (Å²) in [5.41, 5.74) is 0.738. The van der Waals surface area contributed by atoms with Crippen molar-refractivity contribution in [2.24, 2.45) is 0 Å². The quantitative estimate of drug-likeness (QED) is 0.713. The number of halogens is 1. The molecular formula is C18H15FN2O4S. The SMILES string of the molecule is CS(=O)(=O)Nc1ccccc1NC(=O)c1ccc(-c2ccccc2F)o1. The third-order valence-corrected chi connectivity index (χ3v) is 4.03. The van der Waals surface area contributed by atoms with Crippen LogP contribution in [0.3, 0.4) is 0 Å². The molecule has 0 spiro atoms. The molecule has 26 heavy (non-hydrogen) atoms. The predicted molar refractivity (Wildman–Crippen MR) is 97.0 cm³/mol. The molecule has 8 heteroatoms. The van der Waals surface area contributed by atoms with Crippen molar-refractivity contribution >= 4 is 27.3 Å². The molecule has 1 aromatic heterocycles. The smallest absolute Gasteiger partial charge is 0.291 e. The summed E-state index contributed by atoms with van der Waals surface area (Å²) in [4.78, 5) is 12.4. The second kappa shape index (κ2) is 7.01. The molecule has 134 valence electrons. The maximum absolute atomic E-state index is 13.8. The van der Waals surface area contributed by atoms with E-state index >= 15 is 0 Å². The molecule has 2 N–H and O–H groups in total. The number of hydrogen-bond donors (Lipinski definition) is 2. The summed E-state index contributed by atoms with van der Waals surface area (Å²) in [6.45, 7) is 0. The molecule has 0 fully saturated rings. The van der Waals surface area contributed by atoms with Crippen LogP contribution in [-0.4, -0.2) is 20.6 Å². The Bertz CT molecular complexity index is 1060. The van der Waals surface area contributed by atoms with Crippen molar-refractivity contribution in [3.63, 3.8) is 0 Å². The van der Waals surface area contributed by atoms with Gasteiger partial charge in [-0.3, -0.25) is 9.52 Å². The fraction of sp³-hybridized carbons (Fsp3) is 0.0556. The zero-order valence-electron chi connectivity index (χ0n) is 13.7. The van der Waals surface area contributed by atoms with Gasteiger partial charge in [0.05, 0.1) is 23.2 Å². The van der Waals surface area contributed by atoms with Crippen molar-refractivity contribution in [1.82, 2.24) is 0 Å². The van der Waals surface area contributed by atoms with Gasteiger partial charge in [-0.25, -0.2) is 12.8 Å². The summed E-state index contributed by atoms with van der Waals surface area (Å²) in [5, 5.41) is 2.58. The largest absolute Gasteiger partial charge is 0.451 e. The summed E-state index contributed by atoms with van der Waals surface area (Å²) < 4.78 is 44.4. The Morgan fingerprint density at radius 2 is 1.62 bits per heavy atom. The molecule has 2 aromatic carbocycles. The third-order valence-electron chi connectivity index (χ3n) is 3.44. The van der Waals surface area contributed by atoms with Gasteiger partial charge in [0, 0.05) is 0 Å². The number of carbonyl (C=O) groups is 1. The summed E-state index contributed by atoms with van der Waals surface area (Å²) in [6, 6.07) is 15.3. The van der Waals surface area contributed by atoms with Gasteiger partial charge in [-0.05, 0) is 36.4 Å². The van der Waals surface area contributed by atoms with Gasteiger partial charge in [0.2, 0.25) is 10.0 Å². The normalized spacial score (nSPS) is 11.2. The molecule has 0 atom stereocenters. The van der Waals surface area contributed by atoms with E-state index in [0.29, 0.717) is 0 Å². The number of nitrogens with one attached hydrogen (secondary N) is 2. The summed E-state index contributed by atoms with van der Waals surface area (Å²) >= 11 is 0. The predicted octanol–water partition coefficient (Wildman–Crippen LogP) is 3.71. The number of hydrogen-bond acceptors (Lipinski definition) is 4. The Labute approximate surface area is 149 Å². The molecule has 0 unspecified atom stereocenters. The number of rotatable bonds is 5. The van der Waals surface area contributed by atoms with Crippen LogP contribution in [0.25, 0.3) is 11.3 Å². The molecule has 0 radical (unpaired) electrons. The van der Waals surface area contributed by atoms with E-state index in [1.54, 1.807) is 36.4 Å². The topological polar surface area (TPSA) is 88.4 Å². The second-order valence-corrected chi connectivity index (χ2v) is 7.27. The van der Waals surface area contributed by atoms with Crippen LogP contribution in [-0.2, 0) is 10.0 Å². The van der Waals surface area contributed by atoms with Crippen LogP contribution < -0.4 is 10.0 Å². The van der Waals surface area contributed by atoms with Crippen molar-refractivity contribution in [2.45, 2.75) is 0 Å². The zero-order valence-corrected chi connectivity index (χ0v) is 14.5. The van der Waals surface area contributed by atoms with Crippen LogP contribution in [0.5, 0.6) is 0 Å². The lowest BCUT2D eigenvalue weighted by atomic mass is 10.1. The minimum absolute atomic E-state index is 0.0302. The number of carbonyl (C=O) groups excluding carboxylic acids is 1. The van der Waals surface area contributed by atoms with E-state index in [-0.39, 0.29) is 28.5 Å². The first-order valence-electron chi connectivity index (χ1n) is 7.56. The Kier molecular flexibility index (Phi) is 4.77. The van der Waals surface area contributed by atoms with Crippen molar-refractivity contribution in [1.29, 1.82) is 0 Å². The van der Waals surface area contributed by atoms with Crippen LogP contribution in [0.2, 0.25) is 0 Å². The van der Waals surface area contributed by atoms with Gasteiger partial charge in [-0.2, -0.15) is 0 Å². The Morgan fingerprint density at radius 1 is 0.962 bits per heavy atom. The third kappa shape index (κ3) is 4.09. The lowest BCUT2D eigenvalue weighted by Crippen LogP contribution is -2.15. The van der Waals surface area contributed by atoms with Crippen LogP contribution in [0.4, 0.5) is 15.8 Å². The van der Waals surface area contributed by atoms with Gasteiger partial charge in [0.25, 0.3) is 5.91 Å². The van der Waals surface area contributed by atoms with Crippen molar-refractivity contribution in [3.05, 3.63) is 72.2 Å². The maximum atomic E-state index is 13.8. The minimum atomic E-state index is -3.50. The van der Waals surface area contributed by atoms with Crippen LogP contribution in [0.1, 0.15) is 10.6 Å². The van der Waals surface area contributed by atoms with E-state index in [0.717, 1.165) is 6.26 Å². The van der Waals surface area contributed by atoms with E-state index in [1.807, 2.05) is 0 Å². The highest BCUT2D eigenvalue weighted by Crippen LogP contribution is 2.26. The average Bonchev–Trinajstić information content (AvgIpc) is 3.06. The number of benzene rings is 2. The molecular weight excluding hydrogens is 359 g/mol. The highest BCUT2D eigenvalue weighted by atomic mass is 32.2. The molecule has 0 aliphatic carbocycles. The van der Waals surface area contributed by atoms with E-state index in [1.165, 1.54) is 24.3 Å². The van der Waals surface area contributed by atoms with Crippen LogP contribution >= 0.6 is 0 Å². The lowest BCUT2D eigenvalue weighted by Gasteiger charge is -2.11. The van der Waals surface area contributed by atoms with Crippen molar-refractivity contribution in [2.75, 3.05) is 16.3 Å². The standard InChI is InChI=1S/C18H15FN2O4S/c1-26(23,24)21-15-9-5-4-8-14(15)20-18(22)17-11-10-16(25-17)12-6-2-3-7-13(12)19/h2-11,21H,1H3,(H,20,22). The van der Waals surface area contributed by atoms with E-state index < -0.39 is 21.7 Å². The van der Waals surface area contributed by atoms with Gasteiger partial charge in [-0.15, -0.1) is 0 Å². The molecule has 0 saturated heterocycles. The van der Waals surface area contributed by atoms with E-state index in [9.17, 15) is 17.6 Å². The molecule has 3 aromatic rings. The summed E-state index contributed by atoms with van der Waals surface area (Å²) in [6.07, 6.45) is 1.01. The Morgan fingerprint density at radius 3 is 2.31 bits per heavy atom. The van der Waals surface area contributed by atoms with Crippen LogP contribution in [0, 0.1) is 5.82 Å². The first kappa shape index (κ1) is 17.7. The number of amides is 1. The van der Waals surface area contributed by atoms with Gasteiger partial charge in [0.15, 0.2) is 5.76 Å². The Hall–Kier alpha value is -3.13. The molecule has 0 aliphatic heterocycles. The molecule has 3 rings (SSSR count). The molecule has 0 saturated carbocycles. The Balaban J connectivity index is 1.83. The zero-order chi connectivity index (χ0) is 18.7. The highest BCUT2D eigenvalue weighted by Gasteiger charge is 2.16. The van der Waals surface area contributed by atoms with E-state index in [2.05, 4.69) is 10.0 Å². The first-order chi connectivity index (χ1) is 12.3. The summed E-state index contributed by atoms with van der Waals surface area (Å²) in [5.74, 6) is -0.861. The molecule has 0 aliphatic rings. The molecule has 1 amide bonds. The van der Waals surface area contributed by atoms with Gasteiger partial charge >= 0.3 is 0 Å². The molecule has 0 bridgehead atoms. The fourth-order valence-corrected chi connectivity index (χ4v) is 2.91. The number of sulfonamides is 1. The lowest BCUT2D eigenvalue weighted by molar-refractivity contribution is 0.0997. The average molecular weight is 374 g/mol. The van der Waals surface area contributed by atoms with Gasteiger partial charge in [-0.1, -0.05) is 24.3 Å². The van der Waals surface area contributed by atoms with Crippen LogP contribution in [0.15, 0.2) is 65.1 Å². The second-order valence-electron chi connectivity index (χ2n) is 5.52. The monoisotopic (exact) mass is 374 g/mol. The van der Waals surface area contributed by atoms with Crippen molar-refractivity contribution in [3.8, 4) is 11.3 Å². The highest BCUT2D eigenvalue weighted by molar-refractivity contribution is 7.92. The first-order valence-corrected chi connectivity index (χ1v) is 9.45. The van der Waals surface area contributed by atoms with Gasteiger partial charge < -0.3 is 9.73 Å². The summed E-state index contributed by atoms with van der Waals surface area (Å²) in [7, 11) is -3.50. The van der Waals surface area contributed by atoms with Gasteiger partial charge in [0.1, 0.15) is 11.6 Å². The minimum Gasteiger partial charge on any atom is -0.451 e. The molecule has 1 heterocycles.